The van der Waals surface area contributed by atoms with E-state index in [9.17, 15) is 14.4 Å². The molecule has 0 spiro atoms. The van der Waals surface area contributed by atoms with Gasteiger partial charge in [-0.3, -0.25) is 24.2 Å². The number of carbonyl (C=O) groups excluding carboxylic acids is 3. The van der Waals surface area contributed by atoms with E-state index in [0.717, 1.165) is 83.2 Å². The van der Waals surface area contributed by atoms with Gasteiger partial charge in [-0.25, -0.2) is 0 Å². The summed E-state index contributed by atoms with van der Waals surface area (Å²) in [5, 5.41) is 9.15. The van der Waals surface area contributed by atoms with Gasteiger partial charge < -0.3 is 28.8 Å². The Morgan fingerprint density at radius 3 is 2.00 bits per heavy atom. The van der Waals surface area contributed by atoms with Crippen molar-refractivity contribution in [3.8, 4) is 11.5 Å². The molecule has 0 aromatic heterocycles. The molecule has 1 aliphatic heterocycles. The second-order valence-corrected chi connectivity index (χ2v) is 13.7. The second-order valence-electron chi connectivity index (χ2n) is 13.7. The first-order valence-corrected chi connectivity index (χ1v) is 19.8. The molecule has 1 aliphatic rings. The van der Waals surface area contributed by atoms with E-state index in [0.29, 0.717) is 82.3 Å². The molecule has 11 heteroatoms. The van der Waals surface area contributed by atoms with Crippen molar-refractivity contribution in [2.45, 2.75) is 137 Å². The third-order valence-corrected chi connectivity index (χ3v) is 9.24. The van der Waals surface area contributed by atoms with Crippen molar-refractivity contribution in [2.75, 3.05) is 59.3 Å². The van der Waals surface area contributed by atoms with Gasteiger partial charge in [-0.05, 0) is 75.1 Å². The molecule has 1 fully saturated rings. The summed E-state index contributed by atoms with van der Waals surface area (Å²) in [6.07, 6.45) is 11.7. The molecule has 2 rings (SSSR count). The predicted octanol–water partition coefficient (Wildman–Crippen LogP) is 7.06. The number of ether oxygens (including phenoxy) is 5. The van der Waals surface area contributed by atoms with Crippen LogP contribution in [-0.2, 0) is 35.2 Å². The maximum atomic E-state index is 12.6. The Morgan fingerprint density at radius 1 is 0.706 bits per heavy atom. The highest BCUT2D eigenvalue weighted by molar-refractivity contribution is 5.70. The maximum absolute atomic E-state index is 12.6. The number of aliphatic hydroxyl groups excluding tert-OH is 1. The van der Waals surface area contributed by atoms with Crippen LogP contribution in [-0.4, -0.2) is 98.2 Å². The van der Waals surface area contributed by atoms with Crippen LogP contribution in [0.3, 0.4) is 0 Å². The lowest BCUT2D eigenvalue weighted by Gasteiger charge is -2.17. The average molecular weight is 721 g/mol. The van der Waals surface area contributed by atoms with Crippen molar-refractivity contribution in [3.05, 3.63) is 23.8 Å². The van der Waals surface area contributed by atoms with Crippen LogP contribution in [0, 0.1) is 5.92 Å². The summed E-state index contributed by atoms with van der Waals surface area (Å²) in [4.78, 5) is 41.7. The SMILES string of the molecule is CCCCC(CC)COC(=O)CCCCOc1cc(COC(=O)CCCN2CCN(CCO)C2)cc(OCCCC(=O)OC(CC)CCCC)c1. The lowest BCUT2D eigenvalue weighted by Crippen LogP contribution is -2.28. The minimum Gasteiger partial charge on any atom is -0.493 e. The number of hydrogen-bond donors (Lipinski definition) is 1. The van der Waals surface area contributed by atoms with Gasteiger partial charge in [0.15, 0.2) is 0 Å². The summed E-state index contributed by atoms with van der Waals surface area (Å²) in [6.45, 7) is 14.1. The van der Waals surface area contributed by atoms with Crippen molar-refractivity contribution in [3.63, 3.8) is 0 Å². The second kappa shape index (κ2) is 27.7. The van der Waals surface area contributed by atoms with Crippen molar-refractivity contribution >= 4 is 17.9 Å². The summed E-state index contributed by atoms with van der Waals surface area (Å²) in [5.41, 5.74) is 0.744. The van der Waals surface area contributed by atoms with Crippen molar-refractivity contribution < 1.29 is 43.2 Å². The van der Waals surface area contributed by atoms with Crippen LogP contribution in [0.25, 0.3) is 0 Å². The van der Waals surface area contributed by atoms with Crippen LogP contribution in [0.1, 0.15) is 130 Å². The number of rotatable bonds is 30. The highest BCUT2D eigenvalue weighted by atomic mass is 16.5. The quantitative estimate of drug-likeness (QED) is 0.0499. The van der Waals surface area contributed by atoms with Crippen LogP contribution < -0.4 is 9.47 Å². The van der Waals surface area contributed by atoms with Crippen molar-refractivity contribution in [2.24, 2.45) is 5.92 Å². The van der Waals surface area contributed by atoms with E-state index >= 15 is 0 Å². The number of carbonyl (C=O) groups is 3. The first-order valence-electron chi connectivity index (χ1n) is 19.8. The summed E-state index contributed by atoms with van der Waals surface area (Å²) in [7, 11) is 0. The van der Waals surface area contributed by atoms with Gasteiger partial charge in [-0.2, -0.15) is 0 Å². The Morgan fingerprint density at radius 2 is 1.33 bits per heavy atom. The van der Waals surface area contributed by atoms with Crippen LogP contribution in [0.2, 0.25) is 0 Å². The van der Waals surface area contributed by atoms with Gasteiger partial charge in [0.25, 0.3) is 0 Å². The molecular formula is C40H68N2O9. The first-order chi connectivity index (χ1) is 24.8. The van der Waals surface area contributed by atoms with Gasteiger partial charge in [0.1, 0.15) is 24.2 Å². The Labute approximate surface area is 307 Å². The topological polar surface area (TPSA) is 124 Å². The normalized spacial score (nSPS) is 14.6. The Bertz CT molecular complexity index is 1100. The minimum absolute atomic E-state index is 0.0328. The molecule has 1 aromatic rings. The third-order valence-electron chi connectivity index (χ3n) is 9.24. The monoisotopic (exact) mass is 720 g/mol. The molecule has 11 nitrogen and oxygen atoms in total. The zero-order valence-electron chi connectivity index (χ0n) is 32.2. The molecule has 1 saturated heterocycles. The van der Waals surface area contributed by atoms with Gasteiger partial charge in [-0.1, -0.05) is 59.8 Å². The molecule has 0 bridgehead atoms. The summed E-state index contributed by atoms with van der Waals surface area (Å²) in [6, 6.07) is 5.47. The molecule has 0 amide bonds. The van der Waals surface area contributed by atoms with Gasteiger partial charge in [0.05, 0.1) is 33.1 Å². The highest BCUT2D eigenvalue weighted by Crippen LogP contribution is 2.25. The van der Waals surface area contributed by atoms with E-state index in [1.807, 2.05) is 19.1 Å². The fraction of sp³-hybridized carbons (Fsp3) is 0.775. The maximum Gasteiger partial charge on any atom is 0.306 e. The van der Waals surface area contributed by atoms with E-state index in [2.05, 4.69) is 30.6 Å². The fourth-order valence-corrected chi connectivity index (χ4v) is 5.95. The van der Waals surface area contributed by atoms with Crippen LogP contribution >= 0.6 is 0 Å². The number of nitrogens with zero attached hydrogens (tertiary/aromatic N) is 2. The summed E-state index contributed by atoms with van der Waals surface area (Å²) in [5.74, 6) is 0.954. The van der Waals surface area contributed by atoms with Gasteiger partial charge in [0.2, 0.25) is 0 Å². The van der Waals surface area contributed by atoms with Crippen molar-refractivity contribution in [1.82, 2.24) is 9.80 Å². The lowest BCUT2D eigenvalue weighted by molar-refractivity contribution is -0.150. The molecule has 0 saturated carbocycles. The summed E-state index contributed by atoms with van der Waals surface area (Å²) < 4.78 is 28.8. The number of unbranched alkanes of at least 4 members (excludes halogenated alkanes) is 3. The lowest BCUT2D eigenvalue weighted by atomic mass is 10.0. The van der Waals surface area contributed by atoms with Gasteiger partial charge >= 0.3 is 17.9 Å². The van der Waals surface area contributed by atoms with Crippen LogP contribution in [0.5, 0.6) is 11.5 Å². The van der Waals surface area contributed by atoms with Crippen molar-refractivity contribution in [1.29, 1.82) is 0 Å². The van der Waals surface area contributed by atoms with Crippen LogP contribution in [0.15, 0.2) is 18.2 Å². The number of aliphatic hydroxyl groups is 1. The fourth-order valence-electron chi connectivity index (χ4n) is 5.95. The number of benzene rings is 1. The number of β-amino-alcohol motifs (C(OH)–C–C–N with tert-alkyl or cyclic N) is 1. The Hall–Kier alpha value is -2.89. The van der Waals surface area contributed by atoms with Gasteiger partial charge in [-0.15, -0.1) is 0 Å². The van der Waals surface area contributed by atoms with E-state index in [-0.39, 0.29) is 43.6 Å². The van der Waals surface area contributed by atoms with E-state index in [1.165, 1.54) is 0 Å². The standard InChI is InChI=1S/C40H68N2O9/c1-5-9-15-33(7-3)30-49-38(44)17-11-12-25-47-36-27-34(31-50-39(45)18-13-20-41-21-22-42(32-41)23-24-43)28-37(29-36)48-26-14-19-40(46)51-35(8-4)16-10-6-2/h27-29,33,35,43H,5-26,30-32H2,1-4H3. The third kappa shape index (κ3) is 20.7. The first kappa shape index (κ1) is 44.3. The molecule has 51 heavy (non-hydrogen) atoms. The average Bonchev–Trinajstić information content (AvgIpc) is 3.58. The molecular weight excluding hydrogens is 652 g/mol. The smallest absolute Gasteiger partial charge is 0.306 e. The van der Waals surface area contributed by atoms with E-state index < -0.39 is 0 Å². The van der Waals surface area contributed by atoms with Crippen LogP contribution in [0.4, 0.5) is 0 Å². The van der Waals surface area contributed by atoms with Gasteiger partial charge in [0, 0.05) is 45.0 Å². The minimum atomic E-state index is -0.263. The number of hydrogen-bond acceptors (Lipinski definition) is 11. The Balaban J connectivity index is 1.85. The molecule has 292 valence electrons. The van der Waals surface area contributed by atoms with E-state index in [1.54, 1.807) is 6.07 Å². The molecule has 2 atom stereocenters. The zero-order valence-corrected chi connectivity index (χ0v) is 32.2. The Kier molecular flexibility index (Phi) is 24.1. The molecule has 2 unspecified atom stereocenters. The summed E-state index contributed by atoms with van der Waals surface area (Å²) >= 11 is 0. The predicted molar refractivity (Wildman–Crippen MR) is 199 cm³/mol. The highest BCUT2D eigenvalue weighted by Gasteiger charge is 2.19. The molecule has 0 radical (unpaired) electrons. The molecule has 0 aliphatic carbocycles. The number of esters is 3. The van der Waals surface area contributed by atoms with E-state index in [4.69, 9.17) is 28.8 Å². The molecule has 1 N–H and O–H groups in total. The molecule has 1 aromatic carbocycles. The molecule has 1 heterocycles. The largest absolute Gasteiger partial charge is 0.493 e. The zero-order chi connectivity index (χ0) is 37.1.